The number of carbonyl (C=O) groups excluding carboxylic acids is 1. The Labute approximate surface area is 66.2 Å². The van der Waals surface area contributed by atoms with Crippen LogP contribution in [-0.2, 0) is 9.53 Å². The molecule has 0 bridgehead atoms. The second-order valence-electron chi connectivity index (χ2n) is 2.31. The number of unbranched alkanes of at least 4 members (excludes halogenated alkanes) is 1. The maximum atomic E-state index is 10.5. The first-order valence-corrected chi connectivity index (χ1v) is 3.56. The van der Waals surface area contributed by atoms with E-state index in [0.29, 0.717) is 12.8 Å². The lowest BCUT2D eigenvalue weighted by Crippen LogP contribution is -2.09. The highest BCUT2D eigenvalue weighted by molar-refractivity contribution is 5.76. The number of amidine groups is 1. The predicted molar refractivity (Wildman–Crippen MR) is 42.4 cm³/mol. The Kier molecular flexibility index (Phi) is 5.15. The Bertz CT molecular complexity index is 145. The highest BCUT2D eigenvalue weighted by atomic mass is 16.5. The van der Waals surface area contributed by atoms with Crippen molar-refractivity contribution in [1.29, 1.82) is 5.41 Å². The molecule has 0 saturated heterocycles. The Morgan fingerprint density at radius 2 is 2.00 bits per heavy atom. The van der Waals surface area contributed by atoms with Gasteiger partial charge in [0.1, 0.15) is 0 Å². The van der Waals surface area contributed by atoms with E-state index in [2.05, 4.69) is 4.74 Å². The maximum absolute atomic E-state index is 10.5. The standard InChI is InChI=1S/C7H14N2O2/c1-11-7(10)5-3-2-4-6(8)9/h2-5H2,1H3,(H3,8,9). The molecule has 0 fully saturated rings. The van der Waals surface area contributed by atoms with Gasteiger partial charge in [0.05, 0.1) is 12.9 Å². The normalized spacial score (nSPS) is 9.18. The van der Waals surface area contributed by atoms with E-state index in [4.69, 9.17) is 11.1 Å². The summed E-state index contributed by atoms with van der Waals surface area (Å²) >= 11 is 0. The summed E-state index contributed by atoms with van der Waals surface area (Å²) in [5, 5.41) is 6.89. The number of esters is 1. The minimum atomic E-state index is -0.200. The third kappa shape index (κ3) is 6.83. The Hall–Kier alpha value is -1.06. The summed E-state index contributed by atoms with van der Waals surface area (Å²) in [6.45, 7) is 0. The van der Waals surface area contributed by atoms with Gasteiger partial charge in [-0.25, -0.2) is 0 Å². The molecular weight excluding hydrogens is 144 g/mol. The number of ether oxygens (including phenoxy) is 1. The minimum absolute atomic E-state index is 0.176. The van der Waals surface area contributed by atoms with Gasteiger partial charge in [0.25, 0.3) is 0 Å². The third-order valence-electron chi connectivity index (χ3n) is 1.30. The number of nitrogens with one attached hydrogen (secondary N) is 1. The fourth-order valence-electron chi connectivity index (χ4n) is 0.687. The van der Waals surface area contributed by atoms with Crippen molar-refractivity contribution in [3.05, 3.63) is 0 Å². The van der Waals surface area contributed by atoms with Crippen LogP contribution in [0.25, 0.3) is 0 Å². The topological polar surface area (TPSA) is 76.2 Å². The molecule has 0 amide bonds. The summed E-state index contributed by atoms with van der Waals surface area (Å²) < 4.78 is 4.43. The summed E-state index contributed by atoms with van der Waals surface area (Å²) in [6, 6.07) is 0. The first-order chi connectivity index (χ1) is 5.16. The average Bonchev–Trinajstić information content (AvgIpc) is 1.97. The summed E-state index contributed by atoms with van der Waals surface area (Å²) in [7, 11) is 1.37. The zero-order chi connectivity index (χ0) is 8.69. The van der Waals surface area contributed by atoms with Crippen LogP contribution in [0, 0.1) is 5.41 Å². The van der Waals surface area contributed by atoms with Gasteiger partial charge >= 0.3 is 5.97 Å². The van der Waals surface area contributed by atoms with Gasteiger partial charge in [-0.05, 0) is 12.8 Å². The van der Waals surface area contributed by atoms with Gasteiger partial charge in [0.15, 0.2) is 0 Å². The van der Waals surface area contributed by atoms with Crippen LogP contribution in [0.3, 0.4) is 0 Å². The van der Waals surface area contributed by atoms with Crippen molar-refractivity contribution in [3.8, 4) is 0 Å². The van der Waals surface area contributed by atoms with Crippen LogP contribution in [0.5, 0.6) is 0 Å². The number of nitrogens with two attached hydrogens (primary N) is 1. The molecule has 0 aromatic carbocycles. The van der Waals surface area contributed by atoms with Crippen LogP contribution in [-0.4, -0.2) is 18.9 Å². The molecule has 0 radical (unpaired) electrons. The number of methoxy groups -OCH3 is 1. The SMILES string of the molecule is COC(=O)CCCCC(=N)N. The number of hydrogen-bond acceptors (Lipinski definition) is 3. The maximum Gasteiger partial charge on any atom is 0.305 e. The van der Waals surface area contributed by atoms with E-state index in [-0.39, 0.29) is 11.8 Å². The van der Waals surface area contributed by atoms with E-state index in [1.54, 1.807) is 0 Å². The van der Waals surface area contributed by atoms with Crippen LogP contribution >= 0.6 is 0 Å². The van der Waals surface area contributed by atoms with E-state index in [1.807, 2.05) is 0 Å². The smallest absolute Gasteiger partial charge is 0.305 e. The molecule has 64 valence electrons. The molecule has 0 saturated carbocycles. The largest absolute Gasteiger partial charge is 0.469 e. The molecule has 0 heterocycles. The van der Waals surface area contributed by atoms with Crippen molar-refractivity contribution in [2.45, 2.75) is 25.7 Å². The van der Waals surface area contributed by atoms with Gasteiger partial charge in [-0.2, -0.15) is 0 Å². The monoisotopic (exact) mass is 158 g/mol. The van der Waals surface area contributed by atoms with Gasteiger partial charge in [-0.15, -0.1) is 0 Å². The number of carbonyl (C=O) groups is 1. The van der Waals surface area contributed by atoms with Crippen LogP contribution in [0.4, 0.5) is 0 Å². The molecule has 0 spiro atoms. The zero-order valence-corrected chi connectivity index (χ0v) is 6.72. The summed E-state index contributed by atoms with van der Waals surface area (Å²) in [5.41, 5.74) is 5.11. The molecule has 0 unspecified atom stereocenters. The highest BCUT2D eigenvalue weighted by Crippen LogP contribution is 1.99. The lowest BCUT2D eigenvalue weighted by Gasteiger charge is -1.98. The van der Waals surface area contributed by atoms with Crippen LogP contribution in [0.1, 0.15) is 25.7 Å². The van der Waals surface area contributed by atoms with Gasteiger partial charge < -0.3 is 10.5 Å². The second-order valence-corrected chi connectivity index (χ2v) is 2.31. The average molecular weight is 158 g/mol. The van der Waals surface area contributed by atoms with Crippen molar-refractivity contribution in [1.82, 2.24) is 0 Å². The molecule has 11 heavy (non-hydrogen) atoms. The van der Waals surface area contributed by atoms with E-state index in [0.717, 1.165) is 12.8 Å². The van der Waals surface area contributed by atoms with Crippen molar-refractivity contribution < 1.29 is 9.53 Å². The molecule has 0 aliphatic heterocycles. The Morgan fingerprint density at radius 3 is 2.45 bits per heavy atom. The van der Waals surface area contributed by atoms with E-state index >= 15 is 0 Å². The van der Waals surface area contributed by atoms with E-state index < -0.39 is 0 Å². The number of hydrogen-bond donors (Lipinski definition) is 2. The van der Waals surface area contributed by atoms with Crippen molar-refractivity contribution in [3.63, 3.8) is 0 Å². The minimum Gasteiger partial charge on any atom is -0.469 e. The molecule has 0 atom stereocenters. The quantitative estimate of drug-likeness (QED) is 0.267. The molecule has 0 aromatic heterocycles. The molecule has 4 heteroatoms. The van der Waals surface area contributed by atoms with Crippen LogP contribution in [0.15, 0.2) is 0 Å². The summed E-state index contributed by atoms with van der Waals surface area (Å²) in [5.74, 6) is -0.0246. The van der Waals surface area contributed by atoms with Crippen molar-refractivity contribution >= 4 is 11.8 Å². The molecule has 0 aliphatic rings. The fourth-order valence-corrected chi connectivity index (χ4v) is 0.687. The van der Waals surface area contributed by atoms with Gasteiger partial charge in [-0.3, -0.25) is 10.2 Å². The Balaban J connectivity index is 3.14. The van der Waals surface area contributed by atoms with Gasteiger partial charge in [0, 0.05) is 12.8 Å². The van der Waals surface area contributed by atoms with Gasteiger partial charge in [0.2, 0.25) is 0 Å². The van der Waals surface area contributed by atoms with E-state index in [1.165, 1.54) is 7.11 Å². The van der Waals surface area contributed by atoms with Crippen molar-refractivity contribution in [2.24, 2.45) is 5.73 Å². The zero-order valence-electron chi connectivity index (χ0n) is 6.72. The van der Waals surface area contributed by atoms with Crippen LogP contribution < -0.4 is 5.73 Å². The molecule has 0 aliphatic carbocycles. The summed E-state index contributed by atoms with van der Waals surface area (Å²) in [4.78, 5) is 10.5. The van der Waals surface area contributed by atoms with Crippen molar-refractivity contribution in [2.75, 3.05) is 7.11 Å². The Morgan fingerprint density at radius 1 is 1.45 bits per heavy atom. The lowest BCUT2D eigenvalue weighted by molar-refractivity contribution is -0.140. The van der Waals surface area contributed by atoms with E-state index in [9.17, 15) is 4.79 Å². The first kappa shape index (κ1) is 9.94. The third-order valence-corrected chi connectivity index (χ3v) is 1.30. The summed E-state index contributed by atoms with van der Waals surface area (Å²) in [6.07, 6.45) is 2.51. The first-order valence-electron chi connectivity index (χ1n) is 3.56. The molecule has 0 rings (SSSR count). The second kappa shape index (κ2) is 5.70. The molecule has 3 N–H and O–H groups in total. The lowest BCUT2D eigenvalue weighted by atomic mass is 10.2. The number of rotatable bonds is 5. The van der Waals surface area contributed by atoms with Gasteiger partial charge in [-0.1, -0.05) is 0 Å². The fraction of sp³-hybridized carbons (Fsp3) is 0.714. The predicted octanol–water partition coefficient (Wildman–Crippen LogP) is 0.656. The molecule has 0 aromatic rings. The molecular formula is C7H14N2O2. The highest BCUT2D eigenvalue weighted by Gasteiger charge is 1.98. The molecule has 4 nitrogen and oxygen atoms in total. The van der Waals surface area contributed by atoms with Crippen LogP contribution in [0.2, 0.25) is 0 Å².